The summed E-state index contributed by atoms with van der Waals surface area (Å²) in [5.74, 6) is 0.348. The Labute approximate surface area is 177 Å². The van der Waals surface area contributed by atoms with Crippen molar-refractivity contribution in [1.29, 1.82) is 0 Å². The van der Waals surface area contributed by atoms with Gasteiger partial charge in [0.15, 0.2) is 0 Å². The first-order valence-electron chi connectivity index (χ1n) is 9.98. The van der Waals surface area contributed by atoms with Crippen LogP contribution >= 0.6 is 0 Å². The number of rotatable bonds is 4. The van der Waals surface area contributed by atoms with Gasteiger partial charge in [0, 0.05) is 39.3 Å². The van der Waals surface area contributed by atoms with Crippen molar-refractivity contribution in [3.8, 4) is 0 Å². The van der Waals surface area contributed by atoms with E-state index in [-0.39, 0.29) is 17.1 Å². The van der Waals surface area contributed by atoms with Gasteiger partial charge >= 0.3 is 0 Å². The number of fused-ring (bicyclic) bond motifs is 1. The highest BCUT2D eigenvalue weighted by Gasteiger charge is 2.37. The minimum absolute atomic E-state index is 0.134. The molecule has 12 heteroatoms. The van der Waals surface area contributed by atoms with Crippen molar-refractivity contribution in [2.75, 3.05) is 51.1 Å². The van der Waals surface area contributed by atoms with E-state index >= 15 is 0 Å². The van der Waals surface area contributed by atoms with Crippen LogP contribution in [0.1, 0.15) is 13.8 Å². The van der Waals surface area contributed by atoms with Gasteiger partial charge in [0.05, 0.1) is 24.4 Å². The third kappa shape index (κ3) is 4.39. The van der Waals surface area contributed by atoms with Gasteiger partial charge in [-0.05, 0) is 26.0 Å². The Hall–Kier alpha value is -1.57. The highest BCUT2D eigenvalue weighted by molar-refractivity contribution is 7.90. The molecule has 2 unspecified atom stereocenters. The molecule has 166 valence electrons. The normalized spacial score (nSPS) is 28.4. The van der Waals surface area contributed by atoms with E-state index in [1.807, 2.05) is 18.7 Å². The lowest BCUT2D eigenvalue weighted by Crippen LogP contribution is -2.57. The molecule has 1 aromatic rings. The van der Waals surface area contributed by atoms with Crippen molar-refractivity contribution in [3.05, 3.63) is 24.3 Å². The first-order chi connectivity index (χ1) is 14.1. The van der Waals surface area contributed by atoms with E-state index in [0.29, 0.717) is 57.3 Å². The second kappa shape index (κ2) is 8.17. The molecule has 1 N–H and O–H groups in total. The van der Waals surface area contributed by atoms with E-state index in [4.69, 9.17) is 4.74 Å². The van der Waals surface area contributed by atoms with Crippen LogP contribution in [0.25, 0.3) is 0 Å². The van der Waals surface area contributed by atoms with Crippen molar-refractivity contribution in [3.63, 3.8) is 0 Å². The lowest BCUT2D eigenvalue weighted by Gasteiger charge is -2.40. The summed E-state index contributed by atoms with van der Waals surface area (Å²) in [5, 5.41) is 3.08. The smallest absolute Gasteiger partial charge is 0.286 e. The fraction of sp³-hybridized carbons (Fsp3) is 0.611. The molecule has 2 saturated heterocycles. The van der Waals surface area contributed by atoms with E-state index in [0.717, 1.165) is 0 Å². The molecule has 3 aliphatic rings. The summed E-state index contributed by atoms with van der Waals surface area (Å²) < 4.78 is 63.3. The number of hydrogen-bond acceptors (Lipinski definition) is 7. The van der Waals surface area contributed by atoms with Crippen LogP contribution in [0.3, 0.4) is 0 Å². The Balaban J connectivity index is 1.38. The Kier molecular flexibility index (Phi) is 5.90. The third-order valence-electron chi connectivity index (χ3n) is 5.42. The number of nitrogens with one attached hydrogen (secondary N) is 1. The van der Waals surface area contributed by atoms with Crippen molar-refractivity contribution >= 4 is 31.8 Å². The minimum atomic E-state index is -3.73. The molecule has 10 nitrogen and oxygen atoms in total. The number of morpholine rings is 1. The summed E-state index contributed by atoms with van der Waals surface area (Å²) in [4.78, 5) is 2.17. The third-order valence-corrected chi connectivity index (χ3v) is 8.76. The molecule has 2 atom stereocenters. The fourth-order valence-electron chi connectivity index (χ4n) is 4.05. The van der Waals surface area contributed by atoms with Crippen LogP contribution in [0.15, 0.2) is 33.6 Å². The van der Waals surface area contributed by atoms with Gasteiger partial charge in [0.1, 0.15) is 10.7 Å². The van der Waals surface area contributed by atoms with Crippen LogP contribution in [0, 0.1) is 0 Å². The number of anilines is 1. The van der Waals surface area contributed by atoms with Crippen LogP contribution in [0.4, 0.5) is 5.69 Å². The molecule has 0 saturated carbocycles. The van der Waals surface area contributed by atoms with Gasteiger partial charge in [-0.2, -0.15) is 25.4 Å². The highest BCUT2D eigenvalue weighted by Crippen LogP contribution is 2.27. The Morgan fingerprint density at radius 3 is 2.37 bits per heavy atom. The number of para-hydroxylation sites is 1. The van der Waals surface area contributed by atoms with Crippen molar-refractivity contribution in [2.45, 2.75) is 31.0 Å². The number of hydrogen-bond donors (Lipinski definition) is 1. The zero-order valence-corrected chi connectivity index (χ0v) is 18.7. The number of ether oxygens (including phenoxy) is 1. The first-order valence-corrected chi connectivity index (χ1v) is 12.8. The summed E-state index contributed by atoms with van der Waals surface area (Å²) in [6, 6.07) is 6.65. The van der Waals surface area contributed by atoms with Gasteiger partial charge in [0.25, 0.3) is 20.2 Å². The van der Waals surface area contributed by atoms with E-state index in [1.54, 1.807) is 18.2 Å². The van der Waals surface area contributed by atoms with Crippen LogP contribution < -0.4 is 5.32 Å². The van der Waals surface area contributed by atoms with Crippen LogP contribution in [-0.4, -0.2) is 94.2 Å². The summed E-state index contributed by atoms with van der Waals surface area (Å²) in [7, 11) is -7.27. The molecule has 4 rings (SSSR count). The summed E-state index contributed by atoms with van der Waals surface area (Å²) in [6.45, 7) is 6.45. The van der Waals surface area contributed by atoms with E-state index < -0.39 is 20.2 Å². The Morgan fingerprint density at radius 2 is 1.70 bits per heavy atom. The van der Waals surface area contributed by atoms with E-state index in [9.17, 15) is 16.8 Å². The summed E-state index contributed by atoms with van der Waals surface area (Å²) >= 11 is 0. The lowest BCUT2D eigenvalue weighted by atomic mass is 10.3. The number of piperazine rings is 1. The largest absolute Gasteiger partial charge is 0.373 e. The first kappa shape index (κ1) is 21.7. The second-order valence-corrected chi connectivity index (χ2v) is 11.4. The van der Waals surface area contributed by atoms with E-state index in [2.05, 4.69) is 9.71 Å². The number of nitrogens with zero attached hydrogens (tertiary/aromatic N) is 4. The molecule has 0 spiro atoms. The molecule has 0 aliphatic carbocycles. The zero-order valence-electron chi connectivity index (χ0n) is 17.1. The average Bonchev–Trinajstić information content (AvgIpc) is 2.67. The molecule has 0 bridgehead atoms. The van der Waals surface area contributed by atoms with Gasteiger partial charge < -0.3 is 10.1 Å². The molecule has 0 amide bonds. The molecule has 0 aromatic heterocycles. The molecule has 3 aliphatic heterocycles. The van der Waals surface area contributed by atoms with Gasteiger partial charge in [-0.1, -0.05) is 12.1 Å². The molecular formula is C18H27N5O5S2. The predicted molar refractivity (Wildman–Crippen MR) is 113 cm³/mol. The molecule has 0 radical (unpaired) electrons. The number of amidine groups is 1. The van der Waals surface area contributed by atoms with Crippen LogP contribution in [0.5, 0.6) is 0 Å². The zero-order chi connectivity index (χ0) is 21.5. The molecule has 2 fully saturated rings. The van der Waals surface area contributed by atoms with Crippen LogP contribution in [-0.2, 0) is 25.0 Å². The van der Waals surface area contributed by atoms with Gasteiger partial charge in [-0.15, -0.1) is 4.40 Å². The summed E-state index contributed by atoms with van der Waals surface area (Å²) in [5.41, 5.74) is 0.513. The molecular weight excluding hydrogens is 430 g/mol. The number of benzene rings is 1. The van der Waals surface area contributed by atoms with Crippen molar-refractivity contribution in [2.24, 2.45) is 4.40 Å². The Morgan fingerprint density at radius 1 is 1.07 bits per heavy atom. The minimum Gasteiger partial charge on any atom is -0.373 e. The predicted octanol–water partition coefficient (Wildman–Crippen LogP) is 0.171. The van der Waals surface area contributed by atoms with Gasteiger partial charge in [0.2, 0.25) is 0 Å². The quantitative estimate of drug-likeness (QED) is 0.686. The second-order valence-electron chi connectivity index (χ2n) is 7.89. The molecule has 30 heavy (non-hydrogen) atoms. The average molecular weight is 458 g/mol. The summed E-state index contributed by atoms with van der Waals surface area (Å²) in [6.07, 6.45) is -0.268. The molecule has 3 heterocycles. The lowest BCUT2D eigenvalue weighted by molar-refractivity contribution is -0.0457. The van der Waals surface area contributed by atoms with Crippen molar-refractivity contribution in [1.82, 2.24) is 13.5 Å². The van der Waals surface area contributed by atoms with Gasteiger partial charge in [-0.3, -0.25) is 4.90 Å². The maximum absolute atomic E-state index is 13.0. The van der Waals surface area contributed by atoms with Crippen LogP contribution in [0.2, 0.25) is 0 Å². The Bertz CT molecular complexity index is 1020. The highest BCUT2D eigenvalue weighted by atomic mass is 32.2. The SMILES string of the molecule is CC1CN(S(=O)(=O)N2CCN(CC3=NS(=O)(=O)c4ccccc4N3)CC2)CC(C)O1. The topological polar surface area (TPSA) is 112 Å². The van der Waals surface area contributed by atoms with E-state index in [1.165, 1.54) is 14.7 Å². The maximum atomic E-state index is 13.0. The monoisotopic (exact) mass is 457 g/mol. The standard InChI is InChI=1S/C18H27N5O5S2/c1-14-11-23(12-15(2)28-14)30(26,27)22-9-7-21(8-10-22)13-18-19-16-5-3-4-6-17(16)29(24,25)20-18/h3-6,14-15H,7-13H2,1-2H3,(H,19,20). The van der Waals surface area contributed by atoms with Crippen molar-refractivity contribution < 1.29 is 21.6 Å². The molecule has 1 aromatic carbocycles. The van der Waals surface area contributed by atoms with Gasteiger partial charge in [-0.25, -0.2) is 0 Å². The fourth-order valence-corrected chi connectivity index (χ4v) is 6.94. The maximum Gasteiger partial charge on any atom is 0.286 e. The number of sulfonamides is 1.